The molecule has 0 aliphatic rings. The van der Waals surface area contributed by atoms with E-state index in [9.17, 15) is 0 Å². The van der Waals surface area contributed by atoms with Gasteiger partial charge < -0.3 is 5.32 Å². The lowest BCUT2D eigenvalue weighted by molar-refractivity contribution is 1.19. The third-order valence-corrected chi connectivity index (χ3v) is 4.33. The highest BCUT2D eigenvalue weighted by atomic mass is 79.9. The van der Waals surface area contributed by atoms with Crippen molar-refractivity contribution in [1.29, 1.82) is 5.26 Å². The number of thiophene rings is 1. The van der Waals surface area contributed by atoms with Gasteiger partial charge in [-0.25, -0.2) is 0 Å². The Hall–Kier alpha value is -1.90. The van der Waals surface area contributed by atoms with Crippen LogP contribution in [-0.2, 0) is 6.54 Å². The van der Waals surface area contributed by atoms with Crippen LogP contribution in [0, 0.1) is 11.3 Å². The van der Waals surface area contributed by atoms with E-state index in [0.717, 1.165) is 30.8 Å². The number of hydrogen-bond acceptors (Lipinski definition) is 4. The fraction of sp³-hybridized carbons (Fsp3) is 0.0667. The lowest BCUT2D eigenvalue weighted by atomic mass is 10.2. The molecule has 3 nitrogen and oxygen atoms in total. The van der Waals surface area contributed by atoms with Crippen molar-refractivity contribution in [3.05, 3.63) is 56.8 Å². The molecule has 0 aliphatic carbocycles. The van der Waals surface area contributed by atoms with E-state index in [0.29, 0.717) is 6.54 Å². The van der Waals surface area contributed by atoms with Crippen LogP contribution in [0.15, 0.2) is 47.1 Å². The number of rotatable bonds is 3. The van der Waals surface area contributed by atoms with Crippen molar-refractivity contribution < 1.29 is 0 Å². The van der Waals surface area contributed by atoms with E-state index < -0.39 is 0 Å². The summed E-state index contributed by atoms with van der Waals surface area (Å²) in [6.45, 7) is 0.698. The molecule has 2 heterocycles. The van der Waals surface area contributed by atoms with Crippen LogP contribution in [0.2, 0.25) is 0 Å². The Morgan fingerprint density at radius 2 is 2.20 bits per heavy atom. The number of hydrogen-bond donors (Lipinski definition) is 1. The summed E-state index contributed by atoms with van der Waals surface area (Å²) in [4.78, 5) is 6.33. The molecule has 0 atom stereocenters. The maximum Gasteiger partial charge on any atom is 0.110 e. The number of nitriles is 1. The first kappa shape index (κ1) is 13.1. The Morgan fingerprint density at radius 1 is 1.30 bits per heavy atom. The Balaban J connectivity index is 1.86. The van der Waals surface area contributed by atoms with Gasteiger partial charge in [-0.05, 0) is 40.2 Å². The van der Waals surface area contributed by atoms with Crippen LogP contribution in [0.4, 0.5) is 5.69 Å². The van der Waals surface area contributed by atoms with E-state index in [4.69, 9.17) is 5.26 Å². The molecule has 0 spiro atoms. The number of anilines is 1. The molecule has 3 aromatic rings. The van der Waals surface area contributed by atoms with Crippen LogP contribution in [0.1, 0.15) is 9.75 Å². The topological polar surface area (TPSA) is 48.7 Å². The molecule has 0 radical (unpaired) electrons. The lowest BCUT2D eigenvalue weighted by Gasteiger charge is -2.08. The summed E-state index contributed by atoms with van der Waals surface area (Å²) in [6.07, 6.45) is 1.80. The molecule has 0 bridgehead atoms. The first-order valence-corrected chi connectivity index (χ1v) is 7.64. The van der Waals surface area contributed by atoms with Crippen LogP contribution < -0.4 is 5.32 Å². The van der Waals surface area contributed by atoms with Crippen molar-refractivity contribution in [2.45, 2.75) is 6.54 Å². The molecule has 20 heavy (non-hydrogen) atoms. The summed E-state index contributed by atoms with van der Waals surface area (Å²) in [5.41, 5.74) is 1.95. The van der Waals surface area contributed by atoms with Gasteiger partial charge in [-0.1, -0.05) is 12.1 Å². The molecule has 0 saturated carbocycles. The van der Waals surface area contributed by atoms with Crippen molar-refractivity contribution in [3.8, 4) is 6.07 Å². The van der Waals surface area contributed by atoms with E-state index in [1.807, 2.05) is 36.4 Å². The third kappa shape index (κ3) is 2.67. The monoisotopic (exact) mass is 343 g/mol. The second kappa shape index (κ2) is 5.61. The standard InChI is InChI=1S/C15H10BrN3S/c16-11-6-10-2-1-3-14(15(10)19-8-11)18-9-13-5-4-12(7-17)20-13/h1-6,8,18H,9H2. The van der Waals surface area contributed by atoms with Gasteiger partial charge >= 0.3 is 0 Å². The van der Waals surface area contributed by atoms with Gasteiger partial charge in [-0.3, -0.25) is 4.98 Å². The molecule has 5 heteroatoms. The van der Waals surface area contributed by atoms with Crippen molar-refractivity contribution in [2.24, 2.45) is 0 Å². The zero-order chi connectivity index (χ0) is 13.9. The van der Waals surface area contributed by atoms with Crippen LogP contribution in [0.3, 0.4) is 0 Å². The van der Waals surface area contributed by atoms with E-state index in [1.54, 1.807) is 6.20 Å². The molecular weight excluding hydrogens is 334 g/mol. The molecule has 0 unspecified atom stereocenters. The average Bonchev–Trinajstić information content (AvgIpc) is 2.92. The van der Waals surface area contributed by atoms with Crippen LogP contribution in [0.25, 0.3) is 10.9 Å². The van der Waals surface area contributed by atoms with Gasteiger partial charge in [-0.15, -0.1) is 11.3 Å². The second-order valence-corrected chi connectivity index (χ2v) is 6.35. The third-order valence-electron chi connectivity index (χ3n) is 2.90. The molecule has 0 amide bonds. The van der Waals surface area contributed by atoms with Crippen molar-refractivity contribution >= 4 is 43.9 Å². The second-order valence-electron chi connectivity index (χ2n) is 4.26. The summed E-state index contributed by atoms with van der Waals surface area (Å²) in [5.74, 6) is 0. The van der Waals surface area contributed by atoms with E-state index in [2.05, 4.69) is 32.3 Å². The molecule has 3 rings (SSSR count). The maximum absolute atomic E-state index is 8.83. The van der Waals surface area contributed by atoms with Crippen molar-refractivity contribution in [2.75, 3.05) is 5.32 Å². The fourth-order valence-corrected chi connectivity index (χ4v) is 3.09. The van der Waals surface area contributed by atoms with Gasteiger partial charge in [-0.2, -0.15) is 5.26 Å². The highest BCUT2D eigenvalue weighted by Gasteiger charge is 2.04. The summed E-state index contributed by atoms with van der Waals surface area (Å²) < 4.78 is 0.971. The number of nitrogens with one attached hydrogen (secondary N) is 1. The van der Waals surface area contributed by atoms with E-state index in [-0.39, 0.29) is 0 Å². The minimum Gasteiger partial charge on any atom is -0.378 e. The lowest BCUT2D eigenvalue weighted by Crippen LogP contribution is -1.98. The number of pyridine rings is 1. The fourth-order valence-electron chi connectivity index (χ4n) is 1.99. The molecule has 0 fully saturated rings. The predicted molar refractivity (Wildman–Crippen MR) is 85.8 cm³/mol. The van der Waals surface area contributed by atoms with Gasteiger partial charge in [0.15, 0.2) is 0 Å². The molecule has 98 valence electrons. The van der Waals surface area contributed by atoms with Crippen LogP contribution >= 0.6 is 27.3 Å². The van der Waals surface area contributed by atoms with Gasteiger partial charge in [0.25, 0.3) is 0 Å². The Bertz CT molecular complexity index is 804. The molecule has 0 aliphatic heterocycles. The zero-order valence-corrected chi connectivity index (χ0v) is 12.8. The predicted octanol–water partition coefficient (Wildman–Crippen LogP) is 4.54. The molecular formula is C15H10BrN3S. The Labute approximate surface area is 129 Å². The number of fused-ring (bicyclic) bond motifs is 1. The van der Waals surface area contributed by atoms with Crippen LogP contribution in [0.5, 0.6) is 0 Å². The first-order chi connectivity index (χ1) is 9.76. The van der Waals surface area contributed by atoms with Gasteiger partial charge in [0.1, 0.15) is 10.9 Å². The molecule has 0 saturated heterocycles. The Kier molecular flexibility index (Phi) is 3.68. The summed E-state index contributed by atoms with van der Waals surface area (Å²) in [5, 5.41) is 13.3. The number of nitrogens with zero attached hydrogens (tertiary/aromatic N) is 2. The molecule has 1 aromatic carbocycles. The minimum atomic E-state index is 0.698. The number of benzene rings is 1. The first-order valence-electron chi connectivity index (χ1n) is 6.03. The SMILES string of the molecule is N#Cc1ccc(CNc2cccc3cc(Br)cnc23)s1. The maximum atomic E-state index is 8.83. The van der Waals surface area contributed by atoms with Gasteiger partial charge in [0.05, 0.1) is 11.2 Å². The van der Waals surface area contributed by atoms with Gasteiger partial charge in [0.2, 0.25) is 0 Å². The smallest absolute Gasteiger partial charge is 0.110 e. The van der Waals surface area contributed by atoms with Gasteiger partial charge in [0, 0.05) is 27.5 Å². The minimum absolute atomic E-state index is 0.698. The highest BCUT2D eigenvalue weighted by molar-refractivity contribution is 9.10. The summed E-state index contributed by atoms with van der Waals surface area (Å²) >= 11 is 4.94. The zero-order valence-electron chi connectivity index (χ0n) is 10.4. The normalized spacial score (nSPS) is 10.4. The summed E-state index contributed by atoms with van der Waals surface area (Å²) in [6, 6.07) is 14.1. The van der Waals surface area contributed by atoms with E-state index in [1.165, 1.54) is 11.3 Å². The highest BCUT2D eigenvalue weighted by Crippen LogP contribution is 2.25. The average molecular weight is 344 g/mol. The Morgan fingerprint density at radius 3 is 3.00 bits per heavy atom. The van der Waals surface area contributed by atoms with Crippen molar-refractivity contribution in [3.63, 3.8) is 0 Å². The quantitative estimate of drug-likeness (QED) is 0.759. The molecule has 2 aromatic heterocycles. The summed E-state index contributed by atoms with van der Waals surface area (Å²) in [7, 11) is 0. The van der Waals surface area contributed by atoms with Crippen LogP contribution in [-0.4, -0.2) is 4.98 Å². The van der Waals surface area contributed by atoms with Crippen molar-refractivity contribution in [1.82, 2.24) is 4.98 Å². The van der Waals surface area contributed by atoms with E-state index >= 15 is 0 Å². The molecule has 1 N–H and O–H groups in total. The number of aromatic nitrogens is 1. The number of halogens is 1. The largest absolute Gasteiger partial charge is 0.378 e. The number of para-hydroxylation sites is 1.